The van der Waals surface area contributed by atoms with Crippen LogP contribution in [0.3, 0.4) is 0 Å². The molecule has 3 rings (SSSR count). The van der Waals surface area contributed by atoms with Crippen LogP contribution in [0.25, 0.3) is 0 Å². The van der Waals surface area contributed by atoms with E-state index in [1.807, 2.05) is 54.6 Å². The molecule has 1 aliphatic rings. The molecule has 0 bridgehead atoms. The summed E-state index contributed by atoms with van der Waals surface area (Å²) in [6.45, 7) is 0.588. The van der Waals surface area contributed by atoms with Crippen molar-refractivity contribution in [1.29, 1.82) is 0 Å². The molecule has 2 aromatic carbocycles. The van der Waals surface area contributed by atoms with E-state index in [-0.39, 0.29) is 18.3 Å². The number of anilines is 1. The summed E-state index contributed by atoms with van der Waals surface area (Å²) in [4.78, 5) is 12.4. The molecule has 0 spiro atoms. The van der Waals surface area contributed by atoms with Gasteiger partial charge in [0.25, 0.3) is 0 Å². The van der Waals surface area contributed by atoms with Gasteiger partial charge in [-0.15, -0.1) is 12.4 Å². The first kappa shape index (κ1) is 21.4. The first-order chi connectivity index (χ1) is 12.7. The Morgan fingerprint density at radius 2 is 1.74 bits per heavy atom. The number of amides is 1. The number of carbonyl (C=O) groups excluding carboxylic acids is 1. The third kappa shape index (κ3) is 6.98. The van der Waals surface area contributed by atoms with Crippen molar-refractivity contribution in [2.75, 3.05) is 5.32 Å². The molecule has 1 atom stereocenters. The molecular formula is C22H29ClN2O2. The number of rotatable bonds is 7. The fraction of sp³-hybridized carbons (Fsp3) is 0.409. The molecule has 0 heterocycles. The molecule has 0 saturated heterocycles. The summed E-state index contributed by atoms with van der Waals surface area (Å²) in [6.07, 6.45) is 7.07. The summed E-state index contributed by atoms with van der Waals surface area (Å²) in [6, 6.07) is 17.1. The number of nitrogens with two attached hydrogens (primary N) is 1. The topological polar surface area (TPSA) is 64.4 Å². The van der Waals surface area contributed by atoms with Crippen LogP contribution in [0, 0.1) is 0 Å². The van der Waals surface area contributed by atoms with Crippen molar-refractivity contribution in [2.45, 2.75) is 57.3 Å². The highest BCUT2D eigenvalue weighted by atomic mass is 35.5. The largest absolute Gasteiger partial charge is 0.374 e. The van der Waals surface area contributed by atoms with E-state index in [2.05, 4.69) is 5.32 Å². The van der Waals surface area contributed by atoms with Gasteiger partial charge in [-0.25, -0.2) is 0 Å². The summed E-state index contributed by atoms with van der Waals surface area (Å²) in [7, 11) is 0. The Morgan fingerprint density at radius 1 is 1.04 bits per heavy atom. The van der Waals surface area contributed by atoms with E-state index in [0.717, 1.165) is 29.7 Å². The lowest BCUT2D eigenvalue weighted by Gasteiger charge is -2.22. The highest BCUT2D eigenvalue weighted by Crippen LogP contribution is 2.22. The predicted octanol–water partition coefficient (Wildman–Crippen LogP) is 4.47. The normalized spacial score (nSPS) is 15.6. The summed E-state index contributed by atoms with van der Waals surface area (Å²) >= 11 is 0. The molecule has 0 aromatic heterocycles. The Kier molecular flexibility index (Phi) is 8.79. The quantitative estimate of drug-likeness (QED) is 0.735. The summed E-state index contributed by atoms with van der Waals surface area (Å²) in [5.41, 5.74) is 8.96. The number of hydrogen-bond acceptors (Lipinski definition) is 3. The minimum atomic E-state index is -0.570. The Labute approximate surface area is 167 Å². The fourth-order valence-electron chi connectivity index (χ4n) is 3.38. The van der Waals surface area contributed by atoms with Crippen LogP contribution in [0.15, 0.2) is 54.6 Å². The summed E-state index contributed by atoms with van der Waals surface area (Å²) in [5.74, 6) is -0.167. The van der Waals surface area contributed by atoms with Crippen molar-refractivity contribution < 1.29 is 9.53 Å². The second-order valence-corrected chi connectivity index (χ2v) is 7.06. The zero-order chi connectivity index (χ0) is 18.2. The van der Waals surface area contributed by atoms with E-state index in [4.69, 9.17) is 10.5 Å². The monoisotopic (exact) mass is 388 g/mol. The van der Waals surface area contributed by atoms with Crippen molar-refractivity contribution in [2.24, 2.45) is 5.73 Å². The number of nitrogens with one attached hydrogen (secondary N) is 1. The van der Waals surface area contributed by atoms with Gasteiger partial charge in [-0.3, -0.25) is 4.79 Å². The van der Waals surface area contributed by atoms with E-state index in [1.54, 1.807) is 0 Å². The van der Waals surface area contributed by atoms with Gasteiger partial charge >= 0.3 is 0 Å². The molecule has 5 heteroatoms. The molecule has 1 aliphatic carbocycles. The van der Waals surface area contributed by atoms with Crippen molar-refractivity contribution in [3.8, 4) is 0 Å². The molecular weight excluding hydrogens is 360 g/mol. The van der Waals surface area contributed by atoms with Crippen LogP contribution in [0.1, 0.15) is 43.2 Å². The molecule has 1 fully saturated rings. The van der Waals surface area contributed by atoms with Crippen LogP contribution in [-0.2, 0) is 22.6 Å². The van der Waals surface area contributed by atoms with Crippen molar-refractivity contribution in [1.82, 2.24) is 0 Å². The molecule has 0 unspecified atom stereocenters. The van der Waals surface area contributed by atoms with Gasteiger partial charge in [0, 0.05) is 5.69 Å². The highest BCUT2D eigenvalue weighted by molar-refractivity contribution is 5.94. The van der Waals surface area contributed by atoms with Gasteiger partial charge in [0.2, 0.25) is 5.91 Å². The zero-order valence-corrected chi connectivity index (χ0v) is 16.4. The van der Waals surface area contributed by atoms with Gasteiger partial charge < -0.3 is 15.8 Å². The lowest BCUT2D eigenvalue weighted by atomic mass is 9.98. The molecule has 2 aromatic rings. The van der Waals surface area contributed by atoms with Crippen molar-refractivity contribution >= 4 is 24.0 Å². The Bertz CT molecular complexity index is 702. The third-order valence-corrected chi connectivity index (χ3v) is 4.87. The van der Waals surface area contributed by atoms with Gasteiger partial charge in [0.1, 0.15) is 0 Å². The first-order valence-corrected chi connectivity index (χ1v) is 9.51. The van der Waals surface area contributed by atoms with Gasteiger partial charge in [0.15, 0.2) is 0 Å². The molecule has 27 heavy (non-hydrogen) atoms. The van der Waals surface area contributed by atoms with E-state index in [0.29, 0.717) is 19.1 Å². The Hall–Kier alpha value is -1.88. The highest BCUT2D eigenvalue weighted by Gasteiger charge is 2.15. The average molecular weight is 389 g/mol. The molecule has 0 radical (unpaired) electrons. The second-order valence-electron chi connectivity index (χ2n) is 7.06. The van der Waals surface area contributed by atoms with Gasteiger partial charge in [0.05, 0.1) is 18.8 Å². The summed E-state index contributed by atoms with van der Waals surface area (Å²) < 4.78 is 6.02. The molecule has 4 nitrogen and oxygen atoms in total. The van der Waals surface area contributed by atoms with E-state index < -0.39 is 6.04 Å². The Morgan fingerprint density at radius 3 is 2.48 bits per heavy atom. The second kappa shape index (κ2) is 11.1. The molecule has 0 aliphatic heterocycles. The lowest BCUT2D eigenvalue weighted by molar-refractivity contribution is -0.117. The number of ether oxygens (including phenoxy) is 1. The van der Waals surface area contributed by atoms with Crippen LogP contribution in [0.2, 0.25) is 0 Å². The van der Waals surface area contributed by atoms with E-state index in [1.165, 1.54) is 19.3 Å². The Balaban J connectivity index is 0.00000261. The van der Waals surface area contributed by atoms with Gasteiger partial charge in [-0.05, 0) is 42.5 Å². The van der Waals surface area contributed by atoms with Crippen LogP contribution < -0.4 is 11.1 Å². The average Bonchev–Trinajstić information content (AvgIpc) is 2.68. The lowest BCUT2D eigenvalue weighted by Crippen LogP contribution is -2.37. The van der Waals surface area contributed by atoms with Crippen molar-refractivity contribution in [3.63, 3.8) is 0 Å². The third-order valence-electron chi connectivity index (χ3n) is 4.87. The zero-order valence-electron chi connectivity index (χ0n) is 15.6. The SMILES string of the molecule is Cl.N[C@@H](Cc1ccccc1)C(=O)Nc1cccc(COC2CCCCC2)c1. The molecule has 146 valence electrons. The summed E-state index contributed by atoms with van der Waals surface area (Å²) in [5, 5.41) is 2.92. The molecule has 1 amide bonds. The minimum Gasteiger partial charge on any atom is -0.374 e. The standard InChI is InChI=1S/C22H28N2O2.ClH/c23-21(15-17-8-3-1-4-9-17)22(25)24-19-11-7-10-18(14-19)16-26-20-12-5-2-6-13-20;/h1,3-4,7-11,14,20-21H,2,5-6,12-13,15-16,23H2,(H,24,25);1H/t21-;/m0./s1. The van der Waals surface area contributed by atoms with Gasteiger partial charge in [-0.1, -0.05) is 61.7 Å². The number of benzene rings is 2. The minimum absolute atomic E-state index is 0. The van der Waals surface area contributed by atoms with Crippen LogP contribution >= 0.6 is 12.4 Å². The maximum Gasteiger partial charge on any atom is 0.241 e. The van der Waals surface area contributed by atoms with E-state index in [9.17, 15) is 4.79 Å². The number of hydrogen-bond donors (Lipinski definition) is 2. The maximum atomic E-state index is 12.4. The maximum absolute atomic E-state index is 12.4. The first-order valence-electron chi connectivity index (χ1n) is 9.51. The number of carbonyl (C=O) groups is 1. The van der Waals surface area contributed by atoms with Crippen LogP contribution in [0.4, 0.5) is 5.69 Å². The molecule has 1 saturated carbocycles. The smallest absolute Gasteiger partial charge is 0.241 e. The number of halogens is 1. The molecule has 3 N–H and O–H groups in total. The van der Waals surface area contributed by atoms with Crippen LogP contribution in [0.5, 0.6) is 0 Å². The fourth-order valence-corrected chi connectivity index (χ4v) is 3.38. The predicted molar refractivity (Wildman–Crippen MR) is 112 cm³/mol. The van der Waals surface area contributed by atoms with Crippen LogP contribution in [-0.4, -0.2) is 18.1 Å². The van der Waals surface area contributed by atoms with Crippen molar-refractivity contribution in [3.05, 3.63) is 65.7 Å². The van der Waals surface area contributed by atoms with Gasteiger partial charge in [-0.2, -0.15) is 0 Å². The van der Waals surface area contributed by atoms with E-state index >= 15 is 0 Å².